The van der Waals surface area contributed by atoms with Crippen molar-refractivity contribution in [3.63, 3.8) is 0 Å². The van der Waals surface area contributed by atoms with Gasteiger partial charge in [-0.05, 0) is 121 Å². The van der Waals surface area contributed by atoms with Gasteiger partial charge in [0, 0.05) is 12.3 Å². The third kappa shape index (κ3) is 7.09. The number of fused-ring (bicyclic) bond motifs is 7. The third-order valence-electron chi connectivity index (χ3n) is 17.6. The third-order valence-corrected chi connectivity index (χ3v) is 17.6. The molecule has 276 valence electrons. The quantitative estimate of drug-likeness (QED) is 0.119. The first-order valence-corrected chi connectivity index (χ1v) is 22.0. The predicted octanol–water partition coefficient (Wildman–Crippen LogP) is 14.7. The van der Waals surface area contributed by atoms with Crippen LogP contribution in [-0.4, -0.2) is 5.78 Å². The molecule has 5 rings (SSSR count). The molecule has 4 fully saturated rings. The van der Waals surface area contributed by atoms with Gasteiger partial charge in [-0.1, -0.05) is 157 Å². The van der Waals surface area contributed by atoms with Crippen LogP contribution in [0.3, 0.4) is 0 Å². The van der Waals surface area contributed by atoms with Crippen molar-refractivity contribution >= 4 is 5.78 Å². The lowest BCUT2D eigenvalue weighted by atomic mass is 9.33. The zero-order valence-electron chi connectivity index (χ0n) is 33.9. The van der Waals surface area contributed by atoms with Gasteiger partial charge >= 0.3 is 0 Å². The van der Waals surface area contributed by atoms with E-state index in [1.54, 1.807) is 0 Å². The Kier molecular flexibility index (Phi) is 12.5. The van der Waals surface area contributed by atoms with Crippen LogP contribution >= 0.6 is 0 Å². The number of hydrogen-bond donors (Lipinski definition) is 0. The maximum Gasteiger partial charge on any atom is 0.136 e. The standard InChI is InChI=1S/C47H82O/c1-10-11-12-13-14-15-16-17-18-19-20-21-22-23-24-39(48)37-28-31-45(7)40(43(37,4)5)29-32-47(9)41(45)26-25-38-42-36(3)35(2)27-30-44(42,6)33-34-46(38,47)8/h25,35-37,40-42H,10-24,26-34H2,1-9H3/t35-,36+,37-,40+,41-,42+,44-,45+,46-,47-/m1/s1. The lowest BCUT2D eigenvalue weighted by Gasteiger charge is -2.71. The van der Waals surface area contributed by atoms with Gasteiger partial charge in [-0.25, -0.2) is 0 Å². The summed E-state index contributed by atoms with van der Waals surface area (Å²) >= 11 is 0. The van der Waals surface area contributed by atoms with E-state index in [4.69, 9.17) is 0 Å². The zero-order chi connectivity index (χ0) is 34.8. The summed E-state index contributed by atoms with van der Waals surface area (Å²) in [6.07, 6.45) is 35.0. The molecule has 0 spiro atoms. The van der Waals surface area contributed by atoms with Gasteiger partial charge in [0.15, 0.2) is 0 Å². The molecule has 0 saturated heterocycles. The Labute approximate surface area is 300 Å². The minimum absolute atomic E-state index is 0.116. The number of carbonyl (C=O) groups is 1. The predicted molar refractivity (Wildman–Crippen MR) is 208 cm³/mol. The van der Waals surface area contributed by atoms with E-state index in [-0.39, 0.29) is 11.3 Å². The van der Waals surface area contributed by atoms with E-state index >= 15 is 0 Å². The van der Waals surface area contributed by atoms with E-state index in [9.17, 15) is 4.79 Å². The molecule has 0 N–H and O–H groups in total. The fourth-order valence-corrected chi connectivity index (χ4v) is 14.1. The second-order valence-electron chi connectivity index (χ2n) is 20.5. The Bertz CT molecular complexity index is 1100. The Morgan fingerprint density at radius 2 is 1.25 bits per heavy atom. The highest BCUT2D eigenvalue weighted by Crippen LogP contribution is 2.76. The van der Waals surface area contributed by atoms with Crippen LogP contribution in [0.1, 0.15) is 216 Å². The van der Waals surface area contributed by atoms with Crippen molar-refractivity contribution in [3.8, 4) is 0 Å². The molecule has 0 radical (unpaired) electrons. The fraction of sp³-hybridized carbons (Fsp3) is 0.936. The molecule has 0 amide bonds. The molecule has 1 nitrogen and oxygen atoms in total. The average molecular weight is 663 g/mol. The molecule has 4 saturated carbocycles. The topological polar surface area (TPSA) is 17.1 Å². The summed E-state index contributed by atoms with van der Waals surface area (Å²) in [6, 6.07) is 0. The van der Waals surface area contributed by atoms with E-state index in [0.717, 1.165) is 42.9 Å². The van der Waals surface area contributed by atoms with Crippen LogP contribution in [0.4, 0.5) is 0 Å². The van der Waals surface area contributed by atoms with Crippen LogP contribution in [-0.2, 0) is 4.79 Å². The number of ketones is 1. The number of rotatable bonds is 16. The molecule has 5 aliphatic carbocycles. The summed E-state index contributed by atoms with van der Waals surface area (Å²) in [7, 11) is 0. The van der Waals surface area contributed by atoms with E-state index < -0.39 is 0 Å². The van der Waals surface area contributed by atoms with Crippen molar-refractivity contribution < 1.29 is 4.79 Å². The molecule has 0 aromatic heterocycles. The van der Waals surface area contributed by atoms with Crippen molar-refractivity contribution in [1.29, 1.82) is 0 Å². The normalized spacial score (nSPS) is 41.8. The molecule has 0 bridgehead atoms. The second-order valence-corrected chi connectivity index (χ2v) is 20.5. The van der Waals surface area contributed by atoms with Gasteiger partial charge in [0.1, 0.15) is 5.78 Å². The molecule has 0 aliphatic heterocycles. The van der Waals surface area contributed by atoms with Crippen molar-refractivity contribution in [2.24, 2.45) is 62.6 Å². The summed E-state index contributed by atoms with van der Waals surface area (Å²) < 4.78 is 0. The average Bonchev–Trinajstić information content (AvgIpc) is 3.03. The Morgan fingerprint density at radius 1 is 0.667 bits per heavy atom. The van der Waals surface area contributed by atoms with Crippen LogP contribution in [0.2, 0.25) is 0 Å². The molecule has 10 atom stereocenters. The lowest BCUT2D eigenvalue weighted by molar-refractivity contribution is -0.193. The van der Waals surface area contributed by atoms with Crippen molar-refractivity contribution in [2.45, 2.75) is 216 Å². The molecule has 0 heterocycles. The first-order valence-electron chi connectivity index (χ1n) is 22.0. The van der Waals surface area contributed by atoms with E-state index in [1.807, 2.05) is 5.57 Å². The molecular formula is C47H82O. The van der Waals surface area contributed by atoms with E-state index in [0.29, 0.717) is 33.4 Å². The highest BCUT2D eigenvalue weighted by Gasteiger charge is 2.68. The van der Waals surface area contributed by atoms with E-state index in [2.05, 4.69) is 68.4 Å². The maximum atomic E-state index is 13.9. The van der Waals surface area contributed by atoms with Crippen LogP contribution < -0.4 is 0 Å². The van der Waals surface area contributed by atoms with Crippen LogP contribution in [0.15, 0.2) is 11.6 Å². The Morgan fingerprint density at radius 3 is 1.85 bits per heavy atom. The molecule has 0 unspecified atom stereocenters. The highest BCUT2D eigenvalue weighted by molar-refractivity contribution is 5.82. The second kappa shape index (κ2) is 15.6. The monoisotopic (exact) mass is 663 g/mol. The number of carbonyl (C=O) groups excluding carboxylic acids is 1. The van der Waals surface area contributed by atoms with Crippen molar-refractivity contribution in [1.82, 2.24) is 0 Å². The Balaban J connectivity index is 1.13. The molecular weight excluding hydrogens is 581 g/mol. The summed E-state index contributed by atoms with van der Waals surface area (Å²) in [6.45, 7) is 23.3. The SMILES string of the molecule is CCCCCCCCCCCCCCCCC(=O)[C@H]1CC[C@]2(C)[C@H]3CC=C4[C@@H]5[C@@H](C)[C@H](C)CC[C@]5(C)CC[C@@]4(C)[C@]3(C)CC[C@H]2C1(C)C. The summed E-state index contributed by atoms with van der Waals surface area (Å²) in [5.74, 6) is 4.74. The molecule has 0 aromatic rings. The fourth-order valence-electron chi connectivity index (χ4n) is 14.1. The number of allylic oxidation sites excluding steroid dienone is 2. The zero-order valence-corrected chi connectivity index (χ0v) is 33.9. The molecule has 1 heteroatoms. The largest absolute Gasteiger partial charge is 0.299 e. The summed E-state index contributed by atoms with van der Waals surface area (Å²) in [4.78, 5) is 13.9. The number of hydrogen-bond acceptors (Lipinski definition) is 1. The first-order chi connectivity index (χ1) is 22.8. The maximum absolute atomic E-state index is 13.9. The van der Waals surface area contributed by atoms with Gasteiger partial charge in [0.25, 0.3) is 0 Å². The van der Waals surface area contributed by atoms with Crippen LogP contribution in [0.25, 0.3) is 0 Å². The summed E-state index contributed by atoms with van der Waals surface area (Å²) in [5.41, 5.74) is 3.58. The van der Waals surface area contributed by atoms with Gasteiger partial charge in [-0.3, -0.25) is 4.79 Å². The van der Waals surface area contributed by atoms with Crippen LogP contribution in [0, 0.1) is 62.6 Å². The molecule has 5 aliphatic rings. The van der Waals surface area contributed by atoms with Gasteiger partial charge in [-0.2, -0.15) is 0 Å². The molecule has 48 heavy (non-hydrogen) atoms. The van der Waals surface area contributed by atoms with Gasteiger partial charge in [0.2, 0.25) is 0 Å². The minimum atomic E-state index is 0.116. The lowest BCUT2D eigenvalue weighted by Crippen LogP contribution is -2.64. The van der Waals surface area contributed by atoms with Crippen LogP contribution in [0.5, 0.6) is 0 Å². The van der Waals surface area contributed by atoms with Gasteiger partial charge in [0.05, 0.1) is 0 Å². The van der Waals surface area contributed by atoms with Gasteiger partial charge < -0.3 is 0 Å². The van der Waals surface area contributed by atoms with Gasteiger partial charge in [-0.15, -0.1) is 0 Å². The molecule has 0 aromatic carbocycles. The number of unbranched alkanes of at least 4 members (excludes halogenated alkanes) is 13. The summed E-state index contributed by atoms with van der Waals surface area (Å²) in [5, 5.41) is 0. The smallest absolute Gasteiger partial charge is 0.136 e. The number of Topliss-reactive ketones (excluding diaryl/α,β-unsaturated/α-hetero) is 1. The minimum Gasteiger partial charge on any atom is -0.299 e. The van der Waals surface area contributed by atoms with Crippen molar-refractivity contribution in [3.05, 3.63) is 11.6 Å². The first kappa shape index (κ1) is 38.6. The van der Waals surface area contributed by atoms with E-state index in [1.165, 1.54) is 135 Å². The Hall–Kier alpha value is -0.590. The highest BCUT2D eigenvalue weighted by atomic mass is 16.1. The van der Waals surface area contributed by atoms with Crippen molar-refractivity contribution in [2.75, 3.05) is 0 Å².